The Morgan fingerprint density at radius 1 is 0.913 bits per heavy atom. The van der Waals surface area contributed by atoms with Crippen molar-refractivity contribution in [3.05, 3.63) is 0 Å². The van der Waals surface area contributed by atoms with Gasteiger partial charge in [0.15, 0.2) is 5.78 Å². The molecule has 136 valence electrons. The standard InChI is InChI=1S/C18H36N2O2S/c1-8-17(21)16(20-14(6)7)11-23-10-9-15(19-13(4)5)18(22)12(2)3/h12-16,19-20H,8-11H2,1-7H3. The predicted molar refractivity (Wildman–Crippen MR) is 101 cm³/mol. The smallest absolute Gasteiger partial charge is 0.152 e. The first-order valence-corrected chi connectivity index (χ1v) is 10.0. The SMILES string of the molecule is CCC(=O)C(CSCCC(NC(C)C)C(=O)C(C)C)NC(C)C. The normalized spacial score (nSPS) is 14.5. The highest BCUT2D eigenvalue weighted by Gasteiger charge is 2.22. The van der Waals surface area contributed by atoms with Crippen molar-refractivity contribution in [2.24, 2.45) is 5.92 Å². The first-order chi connectivity index (χ1) is 10.7. The topological polar surface area (TPSA) is 58.2 Å². The van der Waals surface area contributed by atoms with Crippen molar-refractivity contribution < 1.29 is 9.59 Å². The van der Waals surface area contributed by atoms with Gasteiger partial charge < -0.3 is 10.6 Å². The minimum atomic E-state index is -0.0825. The zero-order chi connectivity index (χ0) is 18.0. The maximum Gasteiger partial charge on any atom is 0.152 e. The fraction of sp³-hybridized carbons (Fsp3) is 0.889. The van der Waals surface area contributed by atoms with Gasteiger partial charge in [0, 0.05) is 30.2 Å². The van der Waals surface area contributed by atoms with E-state index < -0.39 is 0 Å². The van der Waals surface area contributed by atoms with Crippen molar-refractivity contribution in [1.29, 1.82) is 0 Å². The summed E-state index contributed by atoms with van der Waals surface area (Å²) < 4.78 is 0. The summed E-state index contributed by atoms with van der Waals surface area (Å²) in [4.78, 5) is 24.2. The zero-order valence-electron chi connectivity index (χ0n) is 15.9. The molecular weight excluding hydrogens is 308 g/mol. The van der Waals surface area contributed by atoms with Crippen LogP contribution in [0.3, 0.4) is 0 Å². The largest absolute Gasteiger partial charge is 0.305 e. The molecule has 4 nitrogen and oxygen atoms in total. The van der Waals surface area contributed by atoms with E-state index in [0.29, 0.717) is 18.5 Å². The summed E-state index contributed by atoms with van der Waals surface area (Å²) in [6.07, 6.45) is 1.38. The van der Waals surface area contributed by atoms with E-state index in [-0.39, 0.29) is 29.6 Å². The second-order valence-corrected chi connectivity index (χ2v) is 8.14. The fourth-order valence-electron chi connectivity index (χ4n) is 2.40. The summed E-state index contributed by atoms with van der Waals surface area (Å²) in [6, 6.07) is 0.432. The van der Waals surface area contributed by atoms with Gasteiger partial charge in [-0.2, -0.15) is 11.8 Å². The van der Waals surface area contributed by atoms with Gasteiger partial charge in [0.1, 0.15) is 5.78 Å². The number of Topliss-reactive ketones (excluding diaryl/α,β-unsaturated/α-hetero) is 2. The minimum absolute atomic E-state index is 0.0493. The van der Waals surface area contributed by atoms with E-state index >= 15 is 0 Å². The molecule has 0 aromatic carbocycles. The lowest BCUT2D eigenvalue weighted by Gasteiger charge is -2.23. The molecule has 5 heteroatoms. The lowest BCUT2D eigenvalue weighted by atomic mass is 9.99. The van der Waals surface area contributed by atoms with Gasteiger partial charge in [-0.25, -0.2) is 0 Å². The number of nitrogens with one attached hydrogen (secondary N) is 2. The number of rotatable bonds is 13. The Labute approximate surface area is 146 Å². The molecule has 0 spiro atoms. The third kappa shape index (κ3) is 10.2. The molecule has 2 atom stereocenters. The number of hydrogen-bond acceptors (Lipinski definition) is 5. The van der Waals surface area contributed by atoms with Crippen molar-refractivity contribution in [2.75, 3.05) is 11.5 Å². The van der Waals surface area contributed by atoms with Crippen LogP contribution in [0.15, 0.2) is 0 Å². The van der Waals surface area contributed by atoms with Gasteiger partial charge in [-0.1, -0.05) is 48.5 Å². The van der Waals surface area contributed by atoms with Crippen LogP contribution in [0.4, 0.5) is 0 Å². The predicted octanol–water partition coefficient (Wildman–Crippen LogP) is 3.05. The number of carbonyl (C=O) groups excluding carboxylic acids is 2. The molecule has 23 heavy (non-hydrogen) atoms. The first-order valence-electron chi connectivity index (χ1n) is 8.85. The van der Waals surface area contributed by atoms with E-state index in [1.165, 1.54) is 0 Å². The maximum atomic E-state index is 12.3. The van der Waals surface area contributed by atoms with Crippen LogP contribution in [-0.2, 0) is 9.59 Å². The van der Waals surface area contributed by atoms with Crippen molar-refractivity contribution in [3.63, 3.8) is 0 Å². The van der Waals surface area contributed by atoms with E-state index in [4.69, 9.17) is 0 Å². The van der Waals surface area contributed by atoms with E-state index in [1.54, 1.807) is 11.8 Å². The van der Waals surface area contributed by atoms with E-state index in [0.717, 1.165) is 17.9 Å². The summed E-state index contributed by atoms with van der Waals surface area (Å²) in [5, 5.41) is 6.71. The van der Waals surface area contributed by atoms with Gasteiger partial charge in [0.2, 0.25) is 0 Å². The molecule has 0 bridgehead atoms. The van der Waals surface area contributed by atoms with Crippen molar-refractivity contribution in [1.82, 2.24) is 10.6 Å². The highest BCUT2D eigenvalue weighted by Crippen LogP contribution is 2.12. The van der Waals surface area contributed by atoms with Crippen molar-refractivity contribution >= 4 is 23.3 Å². The van der Waals surface area contributed by atoms with Gasteiger partial charge >= 0.3 is 0 Å². The first kappa shape index (κ1) is 22.6. The summed E-state index contributed by atoms with van der Waals surface area (Å²) >= 11 is 1.76. The summed E-state index contributed by atoms with van der Waals surface area (Å²) in [6.45, 7) is 14.1. The highest BCUT2D eigenvalue weighted by molar-refractivity contribution is 7.99. The lowest BCUT2D eigenvalue weighted by molar-refractivity contribution is -0.124. The molecule has 0 radical (unpaired) electrons. The Morgan fingerprint density at radius 2 is 1.43 bits per heavy atom. The minimum Gasteiger partial charge on any atom is -0.305 e. The van der Waals surface area contributed by atoms with Gasteiger partial charge in [-0.15, -0.1) is 0 Å². The fourth-order valence-corrected chi connectivity index (χ4v) is 3.48. The summed E-state index contributed by atoms with van der Waals surface area (Å²) in [5.74, 6) is 2.25. The van der Waals surface area contributed by atoms with Crippen LogP contribution < -0.4 is 10.6 Å². The van der Waals surface area contributed by atoms with E-state index in [2.05, 4.69) is 38.3 Å². The molecule has 0 aliphatic heterocycles. The Kier molecular flexibility index (Phi) is 11.8. The second kappa shape index (κ2) is 12.0. The molecule has 0 saturated carbocycles. The number of thioether (sulfide) groups is 1. The molecule has 0 fully saturated rings. The van der Waals surface area contributed by atoms with Gasteiger partial charge in [-0.3, -0.25) is 9.59 Å². The quantitative estimate of drug-likeness (QED) is 0.503. The third-order valence-electron chi connectivity index (χ3n) is 3.55. The maximum absolute atomic E-state index is 12.3. The van der Waals surface area contributed by atoms with Crippen LogP contribution >= 0.6 is 11.8 Å². The van der Waals surface area contributed by atoms with Crippen LogP contribution in [0.1, 0.15) is 61.3 Å². The molecule has 0 saturated heterocycles. The van der Waals surface area contributed by atoms with Crippen molar-refractivity contribution in [2.45, 2.75) is 85.5 Å². The molecule has 2 N–H and O–H groups in total. The molecular formula is C18H36N2O2S. The van der Waals surface area contributed by atoms with Gasteiger partial charge in [-0.05, 0) is 12.2 Å². The number of ketones is 2. The Bertz CT molecular complexity index is 357. The highest BCUT2D eigenvalue weighted by atomic mass is 32.2. The monoisotopic (exact) mass is 344 g/mol. The lowest BCUT2D eigenvalue weighted by Crippen LogP contribution is -2.44. The zero-order valence-corrected chi connectivity index (χ0v) is 16.8. The molecule has 0 aromatic rings. The average Bonchev–Trinajstić information content (AvgIpc) is 2.46. The van der Waals surface area contributed by atoms with Crippen LogP contribution in [0.25, 0.3) is 0 Å². The van der Waals surface area contributed by atoms with E-state index in [9.17, 15) is 9.59 Å². The number of hydrogen-bond donors (Lipinski definition) is 2. The van der Waals surface area contributed by atoms with Crippen LogP contribution in [0.5, 0.6) is 0 Å². The Hall–Kier alpha value is -0.390. The molecule has 0 amide bonds. The van der Waals surface area contributed by atoms with Crippen molar-refractivity contribution in [3.8, 4) is 0 Å². The molecule has 0 heterocycles. The van der Waals surface area contributed by atoms with Crippen LogP contribution in [0.2, 0.25) is 0 Å². The average molecular weight is 345 g/mol. The summed E-state index contributed by atoms with van der Waals surface area (Å²) in [5.41, 5.74) is 0. The van der Waals surface area contributed by atoms with Gasteiger partial charge in [0.05, 0.1) is 12.1 Å². The van der Waals surface area contributed by atoms with E-state index in [1.807, 2.05) is 20.8 Å². The number of carbonyl (C=O) groups is 2. The molecule has 0 aromatic heterocycles. The summed E-state index contributed by atoms with van der Waals surface area (Å²) in [7, 11) is 0. The molecule has 0 aliphatic carbocycles. The van der Waals surface area contributed by atoms with Crippen LogP contribution in [0, 0.1) is 5.92 Å². The molecule has 2 unspecified atom stereocenters. The van der Waals surface area contributed by atoms with Crippen LogP contribution in [-0.4, -0.2) is 47.2 Å². The molecule has 0 aliphatic rings. The Balaban J connectivity index is 4.40. The Morgan fingerprint density at radius 3 is 1.87 bits per heavy atom. The molecule has 0 rings (SSSR count). The third-order valence-corrected chi connectivity index (χ3v) is 4.65. The van der Waals surface area contributed by atoms with Gasteiger partial charge in [0.25, 0.3) is 0 Å². The second-order valence-electron chi connectivity index (χ2n) is 6.99.